The van der Waals surface area contributed by atoms with Gasteiger partial charge in [0, 0.05) is 25.5 Å². The molecule has 15 heavy (non-hydrogen) atoms. The number of rotatable bonds is 4. The molecule has 4 nitrogen and oxygen atoms in total. The van der Waals surface area contributed by atoms with Gasteiger partial charge in [0.1, 0.15) is 0 Å². The minimum absolute atomic E-state index is 0.717. The van der Waals surface area contributed by atoms with Crippen LogP contribution in [0, 0.1) is 13.8 Å². The first-order chi connectivity index (χ1) is 7.06. The van der Waals surface area contributed by atoms with Crippen LogP contribution < -0.4 is 10.6 Å². The summed E-state index contributed by atoms with van der Waals surface area (Å²) >= 11 is 0. The quantitative estimate of drug-likeness (QED) is 0.803. The van der Waals surface area contributed by atoms with Gasteiger partial charge in [0.05, 0.1) is 0 Å². The van der Waals surface area contributed by atoms with E-state index in [2.05, 4.69) is 9.97 Å². The predicted molar refractivity (Wildman–Crippen MR) is 63.2 cm³/mol. The Hall–Kier alpha value is -1.16. The molecule has 0 aliphatic rings. The third kappa shape index (κ3) is 2.89. The number of hydrogen-bond acceptors (Lipinski definition) is 4. The average molecular weight is 208 g/mol. The Morgan fingerprint density at radius 2 is 1.67 bits per heavy atom. The molecule has 1 rings (SSSR count). The van der Waals surface area contributed by atoms with Crippen molar-refractivity contribution in [3.05, 3.63) is 17.0 Å². The monoisotopic (exact) mass is 208 g/mol. The molecule has 0 aliphatic carbocycles. The first-order valence-corrected chi connectivity index (χ1v) is 5.27. The molecule has 2 N–H and O–H groups in total. The van der Waals surface area contributed by atoms with E-state index in [9.17, 15) is 0 Å². The Morgan fingerprint density at radius 1 is 1.13 bits per heavy atom. The van der Waals surface area contributed by atoms with E-state index in [1.54, 1.807) is 0 Å². The van der Waals surface area contributed by atoms with Crippen LogP contribution in [-0.2, 0) is 6.42 Å². The van der Waals surface area contributed by atoms with Gasteiger partial charge in [0.15, 0.2) is 0 Å². The second kappa shape index (κ2) is 5.07. The number of aryl methyl sites for hydroxylation is 2. The molecule has 0 aromatic carbocycles. The second-order valence-corrected chi connectivity index (χ2v) is 3.96. The van der Waals surface area contributed by atoms with Crippen molar-refractivity contribution in [2.75, 3.05) is 25.5 Å². The third-order valence-electron chi connectivity index (χ3n) is 2.44. The molecule has 4 heteroatoms. The molecule has 1 aromatic heterocycles. The molecule has 84 valence electrons. The lowest BCUT2D eigenvalue weighted by molar-refractivity contribution is 0.800. The average Bonchev–Trinajstić information content (AvgIpc) is 2.16. The third-order valence-corrected chi connectivity index (χ3v) is 2.44. The van der Waals surface area contributed by atoms with E-state index in [0.29, 0.717) is 6.54 Å². The van der Waals surface area contributed by atoms with Gasteiger partial charge in [-0.25, -0.2) is 9.97 Å². The van der Waals surface area contributed by atoms with Crippen molar-refractivity contribution >= 4 is 5.95 Å². The highest BCUT2D eigenvalue weighted by atomic mass is 15.2. The van der Waals surface area contributed by atoms with Crippen LogP contribution >= 0.6 is 0 Å². The van der Waals surface area contributed by atoms with Crippen molar-refractivity contribution in [1.29, 1.82) is 0 Å². The maximum Gasteiger partial charge on any atom is 0.225 e. The Labute approximate surface area is 91.5 Å². The van der Waals surface area contributed by atoms with E-state index in [4.69, 9.17) is 5.73 Å². The van der Waals surface area contributed by atoms with Crippen LogP contribution in [0.25, 0.3) is 0 Å². The maximum absolute atomic E-state index is 5.51. The van der Waals surface area contributed by atoms with Crippen molar-refractivity contribution in [2.24, 2.45) is 5.73 Å². The lowest BCUT2D eigenvalue weighted by atomic mass is 10.1. The minimum Gasteiger partial charge on any atom is -0.347 e. The number of nitrogens with two attached hydrogens (primary N) is 1. The molecule has 0 atom stereocenters. The van der Waals surface area contributed by atoms with Crippen LogP contribution in [0.4, 0.5) is 5.95 Å². The van der Waals surface area contributed by atoms with Crippen LogP contribution in [0.15, 0.2) is 0 Å². The molecule has 0 saturated heterocycles. The Kier molecular flexibility index (Phi) is 4.03. The van der Waals surface area contributed by atoms with Gasteiger partial charge in [0.25, 0.3) is 0 Å². The van der Waals surface area contributed by atoms with E-state index in [0.717, 1.165) is 30.2 Å². The number of hydrogen-bond donors (Lipinski definition) is 1. The standard InChI is InChI=1S/C11H20N4/c1-8-10(6-5-7-12)9(2)14-11(13-8)15(3)4/h5-7,12H2,1-4H3. The number of anilines is 1. The fraction of sp³-hybridized carbons (Fsp3) is 0.636. The van der Waals surface area contributed by atoms with Crippen molar-refractivity contribution in [3.63, 3.8) is 0 Å². The van der Waals surface area contributed by atoms with Crippen LogP contribution in [0.3, 0.4) is 0 Å². The van der Waals surface area contributed by atoms with Crippen molar-refractivity contribution in [1.82, 2.24) is 9.97 Å². The summed E-state index contributed by atoms with van der Waals surface area (Å²) in [6.07, 6.45) is 1.97. The smallest absolute Gasteiger partial charge is 0.225 e. The van der Waals surface area contributed by atoms with E-state index < -0.39 is 0 Å². The molecular weight excluding hydrogens is 188 g/mol. The second-order valence-electron chi connectivity index (χ2n) is 3.96. The first kappa shape index (κ1) is 11.9. The summed E-state index contributed by atoms with van der Waals surface area (Å²) in [5, 5.41) is 0. The molecule has 0 spiro atoms. The fourth-order valence-corrected chi connectivity index (χ4v) is 1.56. The Bertz CT molecular complexity index is 310. The summed E-state index contributed by atoms with van der Waals surface area (Å²) in [5.74, 6) is 0.779. The highest BCUT2D eigenvalue weighted by Gasteiger charge is 2.08. The normalized spacial score (nSPS) is 10.5. The lowest BCUT2D eigenvalue weighted by Crippen LogP contribution is -2.15. The van der Waals surface area contributed by atoms with E-state index >= 15 is 0 Å². The van der Waals surface area contributed by atoms with E-state index in [-0.39, 0.29) is 0 Å². The fourth-order valence-electron chi connectivity index (χ4n) is 1.56. The minimum atomic E-state index is 0.717. The van der Waals surface area contributed by atoms with Gasteiger partial charge >= 0.3 is 0 Å². The molecule has 0 amide bonds. The summed E-state index contributed by atoms with van der Waals surface area (Å²) in [6.45, 7) is 4.79. The van der Waals surface area contributed by atoms with E-state index in [1.807, 2.05) is 32.8 Å². The van der Waals surface area contributed by atoms with Gasteiger partial charge in [-0.15, -0.1) is 0 Å². The molecule has 1 aromatic rings. The molecule has 0 aliphatic heterocycles. The zero-order valence-corrected chi connectivity index (χ0v) is 10.0. The van der Waals surface area contributed by atoms with Crippen molar-refractivity contribution in [2.45, 2.75) is 26.7 Å². The Morgan fingerprint density at radius 3 is 2.07 bits per heavy atom. The lowest BCUT2D eigenvalue weighted by Gasteiger charge is -2.14. The summed E-state index contributed by atoms with van der Waals surface area (Å²) in [6, 6.07) is 0. The zero-order chi connectivity index (χ0) is 11.4. The highest BCUT2D eigenvalue weighted by molar-refractivity contribution is 5.35. The number of aromatic nitrogens is 2. The predicted octanol–water partition coefficient (Wildman–Crippen LogP) is 1.05. The summed E-state index contributed by atoms with van der Waals surface area (Å²) in [4.78, 5) is 10.8. The molecular formula is C11H20N4. The first-order valence-electron chi connectivity index (χ1n) is 5.27. The summed E-state index contributed by atoms with van der Waals surface area (Å²) < 4.78 is 0. The number of nitrogens with zero attached hydrogens (tertiary/aromatic N) is 3. The van der Waals surface area contributed by atoms with Crippen LogP contribution in [0.5, 0.6) is 0 Å². The van der Waals surface area contributed by atoms with Gasteiger partial charge < -0.3 is 10.6 Å². The molecule has 0 unspecified atom stereocenters. The largest absolute Gasteiger partial charge is 0.347 e. The van der Waals surface area contributed by atoms with Crippen molar-refractivity contribution < 1.29 is 0 Å². The van der Waals surface area contributed by atoms with Gasteiger partial charge in [0.2, 0.25) is 5.95 Å². The highest BCUT2D eigenvalue weighted by Crippen LogP contribution is 2.15. The molecule has 0 saturated carbocycles. The van der Waals surface area contributed by atoms with Gasteiger partial charge in [-0.1, -0.05) is 0 Å². The van der Waals surface area contributed by atoms with Gasteiger partial charge in [-0.2, -0.15) is 0 Å². The molecule has 0 radical (unpaired) electrons. The van der Waals surface area contributed by atoms with Crippen LogP contribution in [0.1, 0.15) is 23.4 Å². The Balaban J connectivity index is 2.99. The molecule has 1 heterocycles. The zero-order valence-electron chi connectivity index (χ0n) is 10.0. The summed E-state index contributed by atoms with van der Waals surface area (Å²) in [5.41, 5.74) is 8.89. The van der Waals surface area contributed by atoms with Crippen molar-refractivity contribution in [3.8, 4) is 0 Å². The summed E-state index contributed by atoms with van der Waals surface area (Å²) in [7, 11) is 3.90. The SMILES string of the molecule is Cc1nc(N(C)C)nc(C)c1CCCN. The molecule has 0 fully saturated rings. The van der Waals surface area contributed by atoms with E-state index in [1.165, 1.54) is 5.56 Å². The van der Waals surface area contributed by atoms with Gasteiger partial charge in [-0.05, 0) is 38.8 Å². The topological polar surface area (TPSA) is 55.0 Å². The van der Waals surface area contributed by atoms with Gasteiger partial charge in [-0.3, -0.25) is 0 Å². The van der Waals surface area contributed by atoms with Crippen LogP contribution in [-0.4, -0.2) is 30.6 Å². The maximum atomic E-state index is 5.51. The molecule has 0 bridgehead atoms. The van der Waals surface area contributed by atoms with Crippen LogP contribution in [0.2, 0.25) is 0 Å².